The summed E-state index contributed by atoms with van der Waals surface area (Å²) in [5.41, 5.74) is 2.24. The lowest BCUT2D eigenvalue weighted by Crippen LogP contribution is -2.11. The number of oxime groups is 1. The van der Waals surface area contributed by atoms with Crippen LogP contribution in [0.2, 0.25) is 0 Å². The van der Waals surface area contributed by atoms with Crippen LogP contribution in [0.5, 0.6) is 11.5 Å². The predicted octanol–water partition coefficient (Wildman–Crippen LogP) is 3.35. The van der Waals surface area contributed by atoms with Crippen LogP contribution >= 0.6 is 0 Å². The van der Waals surface area contributed by atoms with Crippen molar-refractivity contribution < 1.29 is 9.94 Å². The molecule has 0 unspecified atom stereocenters. The Labute approximate surface area is 145 Å². The zero-order chi connectivity index (χ0) is 17.8. The maximum Gasteiger partial charge on any atom is 0.204 e. The van der Waals surface area contributed by atoms with Crippen LogP contribution in [-0.2, 0) is 7.05 Å². The minimum Gasteiger partial charge on any atom is -0.457 e. The van der Waals surface area contributed by atoms with Gasteiger partial charge in [-0.1, -0.05) is 31.1 Å². The van der Waals surface area contributed by atoms with Crippen LogP contribution < -0.4 is 4.74 Å². The highest BCUT2D eigenvalue weighted by molar-refractivity contribution is 6.10. The van der Waals surface area contributed by atoms with Crippen LogP contribution in [0.3, 0.4) is 0 Å². The average molecular weight is 337 g/mol. The Morgan fingerprint density at radius 2 is 1.64 bits per heavy atom. The molecule has 0 aliphatic rings. The molecular formula is C18H19N5O2. The molecule has 0 bridgehead atoms. The minimum atomic E-state index is 0.292. The van der Waals surface area contributed by atoms with Gasteiger partial charge in [0.25, 0.3) is 0 Å². The number of aromatic nitrogens is 4. The van der Waals surface area contributed by atoms with Gasteiger partial charge >= 0.3 is 0 Å². The van der Waals surface area contributed by atoms with Crippen LogP contribution in [0.25, 0.3) is 0 Å². The molecule has 0 aliphatic carbocycles. The molecule has 1 heterocycles. The maximum absolute atomic E-state index is 9.30. The zero-order valence-electron chi connectivity index (χ0n) is 14.3. The lowest BCUT2D eigenvalue weighted by atomic mass is 10.0. The Hall–Kier alpha value is -3.22. The first-order valence-electron chi connectivity index (χ1n) is 7.91. The van der Waals surface area contributed by atoms with Gasteiger partial charge in [0.2, 0.25) is 5.82 Å². The van der Waals surface area contributed by atoms with Crippen molar-refractivity contribution in [2.45, 2.75) is 19.8 Å². The van der Waals surface area contributed by atoms with Crippen LogP contribution in [0.4, 0.5) is 0 Å². The van der Waals surface area contributed by atoms with E-state index < -0.39 is 0 Å². The summed E-state index contributed by atoms with van der Waals surface area (Å²) < 4.78 is 7.29. The van der Waals surface area contributed by atoms with Crippen molar-refractivity contribution in [3.05, 3.63) is 65.5 Å². The highest BCUT2D eigenvalue weighted by Crippen LogP contribution is 2.24. The molecule has 0 amide bonds. The van der Waals surface area contributed by atoms with Gasteiger partial charge in [-0.05, 0) is 58.3 Å². The van der Waals surface area contributed by atoms with E-state index in [2.05, 4.69) is 46.7 Å². The Morgan fingerprint density at radius 1 is 1.04 bits per heavy atom. The van der Waals surface area contributed by atoms with E-state index in [1.165, 1.54) is 10.2 Å². The molecule has 0 aliphatic heterocycles. The van der Waals surface area contributed by atoms with E-state index in [9.17, 15) is 5.21 Å². The molecule has 3 aromatic rings. The molecular weight excluding hydrogens is 318 g/mol. The first-order chi connectivity index (χ1) is 12.1. The number of nitrogens with zero attached hydrogens (tertiary/aromatic N) is 5. The molecule has 128 valence electrons. The van der Waals surface area contributed by atoms with E-state index in [1.54, 1.807) is 31.3 Å². The molecule has 3 rings (SSSR count). The molecule has 0 fully saturated rings. The van der Waals surface area contributed by atoms with Gasteiger partial charge in [-0.25, -0.2) is 4.68 Å². The standard InChI is InChI=1S/C18H19N5O2/c1-12(2)13-4-8-15(9-5-13)25-16-10-6-14(7-11-16)17(20-24)18-19-21-22-23(18)3/h4-12,24H,1-3H3/b20-17-. The fraction of sp³-hybridized carbons (Fsp3) is 0.222. The molecule has 0 radical (unpaired) electrons. The smallest absolute Gasteiger partial charge is 0.204 e. The summed E-state index contributed by atoms with van der Waals surface area (Å²) >= 11 is 0. The van der Waals surface area contributed by atoms with Gasteiger partial charge in [0.15, 0.2) is 5.71 Å². The van der Waals surface area contributed by atoms with Crippen molar-refractivity contribution in [3.63, 3.8) is 0 Å². The van der Waals surface area contributed by atoms with Gasteiger partial charge in [-0.15, -0.1) is 5.10 Å². The highest BCUT2D eigenvalue weighted by Gasteiger charge is 2.14. The zero-order valence-corrected chi connectivity index (χ0v) is 14.3. The molecule has 0 saturated heterocycles. The summed E-state index contributed by atoms with van der Waals surface area (Å²) in [4.78, 5) is 0. The molecule has 2 aromatic carbocycles. The van der Waals surface area contributed by atoms with Crippen molar-refractivity contribution in [1.82, 2.24) is 20.2 Å². The summed E-state index contributed by atoms with van der Waals surface area (Å²) in [6.07, 6.45) is 0. The molecule has 1 aromatic heterocycles. The second-order valence-corrected chi connectivity index (χ2v) is 5.92. The summed E-state index contributed by atoms with van der Waals surface area (Å²) in [7, 11) is 1.68. The van der Waals surface area contributed by atoms with E-state index in [4.69, 9.17) is 4.74 Å². The van der Waals surface area contributed by atoms with Crippen molar-refractivity contribution >= 4 is 5.71 Å². The van der Waals surface area contributed by atoms with Gasteiger partial charge in [0.05, 0.1) is 0 Å². The second kappa shape index (κ2) is 7.12. The molecule has 7 heteroatoms. The van der Waals surface area contributed by atoms with Crippen molar-refractivity contribution in [2.75, 3.05) is 0 Å². The third-order valence-corrected chi connectivity index (χ3v) is 3.84. The van der Waals surface area contributed by atoms with Gasteiger partial charge in [0, 0.05) is 12.6 Å². The number of tetrazole rings is 1. The molecule has 7 nitrogen and oxygen atoms in total. The first kappa shape index (κ1) is 16.6. The Balaban J connectivity index is 1.77. The average Bonchev–Trinajstić information content (AvgIpc) is 3.03. The highest BCUT2D eigenvalue weighted by atomic mass is 16.5. The number of aryl methyl sites for hydroxylation is 1. The third kappa shape index (κ3) is 3.65. The fourth-order valence-corrected chi connectivity index (χ4v) is 2.40. The summed E-state index contributed by atoms with van der Waals surface area (Å²) in [6.45, 7) is 4.31. The summed E-state index contributed by atoms with van der Waals surface area (Å²) in [5.74, 6) is 2.32. The minimum absolute atomic E-state index is 0.292. The number of hydrogen-bond donors (Lipinski definition) is 1. The Kier molecular flexibility index (Phi) is 4.74. The molecule has 25 heavy (non-hydrogen) atoms. The van der Waals surface area contributed by atoms with Crippen molar-refractivity contribution in [1.29, 1.82) is 0 Å². The van der Waals surface area contributed by atoms with E-state index in [-0.39, 0.29) is 0 Å². The van der Waals surface area contributed by atoms with Crippen molar-refractivity contribution in [2.24, 2.45) is 12.2 Å². The third-order valence-electron chi connectivity index (χ3n) is 3.84. The largest absolute Gasteiger partial charge is 0.457 e. The van der Waals surface area contributed by atoms with E-state index in [1.807, 2.05) is 12.1 Å². The van der Waals surface area contributed by atoms with E-state index >= 15 is 0 Å². The predicted molar refractivity (Wildman–Crippen MR) is 93.3 cm³/mol. The normalized spacial score (nSPS) is 11.8. The van der Waals surface area contributed by atoms with Gasteiger partial charge in [-0.3, -0.25) is 0 Å². The number of ether oxygens (including phenoxy) is 1. The fourth-order valence-electron chi connectivity index (χ4n) is 2.40. The van der Waals surface area contributed by atoms with Gasteiger partial charge in [0.1, 0.15) is 11.5 Å². The molecule has 0 atom stereocenters. The monoisotopic (exact) mass is 337 g/mol. The van der Waals surface area contributed by atoms with Gasteiger partial charge < -0.3 is 9.94 Å². The SMILES string of the molecule is CC(C)c1ccc(Oc2ccc(/C(=N/O)c3nnnn3C)cc2)cc1. The number of hydrogen-bond acceptors (Lipinski definition) is 6. The van der Waals surface area contributed by atoms with Crippen molar-refractivity contribution in [3.8, 4) is 11.5 Å². The van der Waals surface area contributed by atoms with E-state index in [0.29, 0.717) is 28.8 Å². The summed E-state index contributed by atoms with van der Waals surface area (Å²) in [6, 6.07) is 15.2. The van der Waals surface area contributed by atoms with E-state index in [0.717, 1.165) is 5.75 Å². The van der Waals surface area contributed by atoms with Crippen LogP contribution in [0.1, 0.15) is 36.7 Å². The van der Waals surface area contributed by atoms with Crippen LogP contribution in [0, 0.1) is 0 Å². The topological polar surface area (TPSA) is 85.4 Å². The van der Waals surface area contributed by atoms with Crippen LogP contribution in [0.15, 0.2) is 53.7 Å². The van der Waals surface area contributed by atoms with Gasteiger partial charge in [-0.2, -0.15) is 0 Å². The number of rotatable bonds is 5. The molecule has 1 N–H and O–H groups in total. The number of benzene rings is 2. The van der Waals surface area contributed by atoms with Crippen LogP contribution in [-0.4, -0.2) is 31.1 Å². The molecule has 0 saturated carbocycles. The Morgan fingerprint density at radius 3 is 2.12 bits per heavy atom. The molecule has 0 spiro atoms. The lowest BCUT2D eigenvalue weighted by molar-refractivity contribution is 0.319. The lowest BCUT2D eigenvalue weighted by Gasteiger charge is -2.09. The second-order valence-electron chi connectivity index (χ2n) is 5.92. The Bertz CT molecular complexity index is 867. The maximum atomic E-state index is 9.30. The first-order valence-corrected chi connectivity index (χ1v) is 7.91. The quantitative estimate of drug-likeness (QED) is 0.438. The summed E-state index contributed by atoms with van der Waals surface area (Å²) in [5, 5.41) is 23.8.